The van der Waals surface area contributed by atoms with Gasteiger partial charge in [0.25, 0.3) is 0 Å². The fourth-order valence-electron chi connectivity index (χ4n) is 3.37. The summed E-state index contributed by atoms with van der Waals surface area (Å²) < 4.78 is 21.5. The van der Waals surface area contributed by atoms with Crippen molar-refractivity contribution in [3.63, 3.8) is 0 Å². The third-order valence-corrected chi connectivity index (χ3v) is 4.69. The molecule has 130 valence electrons. The van der Waals surface area contributed by atoms with Crippen LogP contribution in [-0.4, -0.2) is 21.1 Å². The second-order valence-electron chi connectivity index (χ2n) is 6.34. The highest BCUT2D eigenvalue weighted by molar-refractivity contribution is 5.88. The van der Waals surface area contributed by atoms with Gasteiger partial charge in [-0.1, -0.05) is 36.3 Å². The van der Waals surface area contributed by atoms with Gasteiger partial charge in [-0.3, -0.25) is 0 Å². The van der Waals surface area contributed by atoms with Crippen LogP contribution in [0.3, 0.4) is 0 Å². The molecule has 1 aliphatic carbocycles. The van der Waals surface area contributed by atoms with E-state index in [-0.39, 0.29) is 11.7 Å². The van der Waals surface area contributed by atoms with Gasteiger partial charge in [0, 0.05) is 0 Å². The number of hydrogen-bond acceptors (Lipinski definition) is 3. The number of carbonyl (C=O) groups is 1. The quantitative estimate of drug-likeness (QED) is 0.621. The molecule has 25 heavy (non-hydrogen) atoms. The molecule has 2 aromatic rings. The number of benzene rings is 1. The first-order valence-corrected chi connectivity index (χ1v) is 8.51. The summed E-state index contributed by atoms with van der Waals surface area (Å²) in [6.45, 7) is 3.61. The zero-order valence-electron chi connectivity index (χ0n) is 14.5. The van der Waals surface area contributed by atoms with E-state index in [0.29, 0.717) is 12.8 Å². The van der Waals surface area contributed by atoms with E-state index in [2.05, 4.69) is 16.8 Å². The average molecular weight is 340 g/mol. The molecule has 0 spiro atoms. The van der Waals surface area contributed by atoms with Crippen molar-refractivity contribution in [2.75, 3.05) is 0 Å². The molecule has 5 heteroatoms. The van der Waals surface area contributed by atoms with Crippen LogP contribution in [0.15, 0.2) is 36.7 Å². The molecule has 0 unspecified atom stereocenters. The van der Waals surface area contributed by atoms with E-state index < -0.39 is 17.5 Å². The maximum Gasteiger partial charge on any atom is 0.361 e. The Bertz CT molecular complexity index is 811. The lowest BCUT2D eigenvalue weighted by Crippen LogP contribution is -2.32. The summed E-state index contributed by atoms with van der Waals surface area (Å²) in [6, 6.07) is 9.34. The van der Waals surface area contributed by atoms with Gasteiger partial charge in [-0.05, 0) is 45.1 Å². The molecule has 0 bridgehead atoms. The molecule has 1 aromatic carbocycles. The molecule has 4 nitrogen and oxygen atoms in total. The molecule has 0 N–H and O–H groups in total. The summed E-state index contributed by atoms with van der Waals surface area (Å²) in [5.74, 6) is 4.32. The molecule has 0 amide bonds. The zero-order valence-corrected chi connectivity index (χ0v) is 14.5. The highest BCUT2D eigenvalue weighted by atomic mass is 19.1. The Morgan fingerprint density at radius 1 is 1.32 bits per heavy atom. The van der Waals surface area contributed by atoms with Gasteiger partial charge >= 0.3 is 5.97 Å². The van der Waals surface area contributed by atoms with Crippen molar-refractivity contribution in [2.45, 2.75) is 51.2 Å². The molecule has 0 aliphatic heterocycles. The number of nitrogens with zero attached hydrogens (tertiary/aromatic N) is 2. The van der Waals surface area contributed by atoms with Crippen LogP contribution in [0.5, 0.6) is 0 Å². The first kappa shape index (κ1) is 17.2. The Morgan fingerprint density at radius 3 is 2.64 bits per heavy atom. The Balaban J connectivity index is 1.91. The fourth-order valence-corrected chi connectivity index (χ4v) is 3.37. The fraction of sp³-hybridized carbons (Fsp3) is 0.400. The predicted molar refractivity (Wildman–Crippen MR) is 92.5 cm³/mol. The van der Waals surface area contributed by atoms with Crippen LogP contribution in [0.1, 0.15) is 61.6 Å². The van der Waals surface area contributed by atoms with Crippen molar-refractivity contribution in [2.24, 2.45) is 0 Å². The first-order chi connectivity index (χ1) is 12.1. The number of rotatable bonds is 4. The maximum atomic E-state index is 14.3. The molecular formula is C20H21FN2O2. The van der Waals surface area contributed by atoms with Crippen LogP contribution >= 0.6 is 0 Å². The van der Waals surface area contributed by atoms with Crippen molar-refractivity contribution < 1.29 is 13.9 Å². The minimum Gasteiger partial charge on any atom is -0.441 e. The van der Waals surface area contributed by atoms with Crippen molar-refractivity contribution >= 4 is 5.97 Å². The summed E-state index contributed by atoms with van der Waals surface area (Å²) in [4.78, 5) is 16.4. The summed E-state index contributed by atoms with van der Waals surface area (Å²) in [6.07, 6.45) is 4.61. The van der Waals surface area contributed by atoms with E-state index in [1.165, 1.54) is 10.9 Å². The van der Waals surface area contributed by atoms with Crippen LogP contribution in [0, 0.1) is 17.8 Å². The summed E-state index contributed by atoms with van der Waals surface area (Å²) >= 11 is 0. The monoisotopic (exact) mass is 340 g/mol. The molecule has 0 radical (unpaired) electrons. The molecule has 1 saturated carbocycles. The smallest absolute Gasteiger partial charge is 0.361 e. The van der Waals surface area contributed by atoms with Gasteiger partial charge in [-0.2, -0.15) is 4.39 Å². The minimum absolute atomic E-state index is 0.152. The number of esters is 1. The second kappa shape index (κ2) is 7.10. The van der Waals surface area contributed by atoms with E-state index in [1.54, 1.807) is 6.92 Å². The molecule has 3 rings (SSSR count). The highest BCUT2D eigenvalue weighted by Gasteiger charge is 2.38. The van der Waals surface area contributed by atoms with Crippen LogP contribution < -0.4 is 0 Å². The van der Waals surface area contributed by atoms with E-state index in [1.807, 2.05) is 37.3 Å². The van der Waals surface area contributed by atoms with Crippen molar-refractivity contribution in [1.82, 2.24) is 9.55 Å². The molecule has 1 atom stereocenters. The molecule has 1 aromatic heterocycles. The second-order valence-corrected chi connectivity index (χ2v) is 6.34. The third kappa shape index (κ3) is 3.43. The Kier molecular flexibility index (Phi) is 4.89. The van der Waals surface area contributed by atoms with E-state index in [9.17, 15) is 9.18 Å². The largest absolute Gasteiger partial charge is 0.441 e. The molecular weight excluding hydrogens is 319 g/mol. The highest BCUT2D eigenvalue weighted by Crippen LogP contribution is 2.34. The Morgan fingerprint density at radius 2 is 2.00 bits per heavy atom. The maximum absolute atomic E-state index is 14.3. The number of hydrogen-bond donors (Lipinski definition) is 0. The SMILES string of the molecule is CC#CC1(OC(=O)c2c(F)ncn2[C@H](C)c2ccccc2)CCCC1. The molecule has 0 saturated heterocycles. The summed E-state index contributed by atoms with van der Waals surface area (Å²) in [5.41, 5.74) is 0.00186. The zero-order chi connectivity index (χ0) is 17.9. The lowest BCUT2D eigenvalue weighted by atomic mass is 10.0. The average Bonchev–Trinajstić information content (AvgIpc) is 3.22. The van der Waals surface area contributed by atoms with Gasteiger partial charge in [0.15, 0.2) is 11.3 Å². The third-order valence-electron chi connectivity index (χ3n) is 4.69. The van der Waals surface area contributed by atoms with E-state index >= 15 is 0 Å². The van der Waals surface area contributed by atoms with Crippen LogP contribution in [-0.2, 0) is 4.74 Å². The van der Waals surface area contributed by atoms with Crippen LogP contribution in [0.4, 0.5) is 4.39 Å². The van der Waals surface area contributed by atoms with Crippen LogP contribution in [0.2, 0.25) is 0 Å². The number of halogens is 1. The lowest BCUT2D eigenvalue weighted by molar-refractivity contribution is 0.00847. The Labute approximate surface area is 147 Å². The summed E-state index contributed by atoms with van der Waals surface area (Å²) in [7, 11) is 0. The molecule has 1 heterocycles. The molecule has 1 aliphatic rings. The summed E-state index contributed by atoms with van der Waals surface area (Å²) in [5, 5.41) is 0. The number of ether oxygens (including phenoxy) is 1. The van der Waals surface area contributed by atoms with Gasteiger partial charge < -0.3 is 9.30 Å². The minimum atomic E-state index is -0.814. The first-order valence-electron chi connectivity index (χ1n) is 8.51. The normalized spacial score (nSPS) is 16.8. The van der Waals surface area contributed by atoms with Gasteiger partial charge in [-0.15, -0.1) is 5.92 Å². The van der Waals surface area contributed by atoms with Crippen molar-refractivity contribution in [3.8, 4) is 11.8 Å². The molecule has 1 fully saturated rings. The van der Waals surface area contributed by atoms with E-state index in [0.717, 1.165) is 18.4 Å². The lowest BCUT2D eigenvalue weighted by Gasteiger charge is -2.24. The van der Waals surface area contributed by atoms with Gasteiger partial charge in [0.2, 0.25) is 5.95 Å². The van der Waals surface area contributed by atoms with Crippen LogP contribution in [0.25, 0.3) is 0 Å². The van der Waals surface area contributed by atoms with Gasteiger partial charge in [0.05, 0.1) is 12.4 Å². The number of imidazole rings is 1. The predicted octanol–water partition coefficient (Wildman–Crippen LogP) is 4.12. The standard InChI is InChI=1S/C20H21FN2O2/c1-3-11-20(12-7-8-13-20)25-19(24)17-18(21)22-14-23(17)15(2)16-9-5-4-6-10-16/h4-6,9-10,14-15H,7-8,12-13H2,1-2H3/t15-/m1/s1. The van der Waals surface area contributed by atoms with Gasteiger partial charge in [-0.25, -0.2) is 9.78 Å². The Hall–Kier alpha value is -2.61. The number of carbonyl (C=O) groups excluding carboxylic acids is 1. The van der Waals surface area contributed by atoms with Crippen molar-refractivity contribution in [1.29, 1.82) is 0 Å². The topological polar surface area (TPSA) is 44.1 Å². The van der Waals surface area contributed by atoms with Crippen molar-refractivity contribution in [3.05, 3.63) is 53.9 Å². The van der Waals surface area contributed by atoms with E-state index in [4.69, 9.17) is 4.74 Å². The number of aromatic nitrogens is 2. The van der Waals surface area contributed by atoms with Gasteiger partial charge in [0.1, 0.15) is 0 Å².